The van der Waals surface area contributed by atoms with Crippen molar-refractivity contribution in [1.82, 2.24) is 9.88 Å². The lowest BCUT2D eigenvalue weighted by Crippen LogP contribution is -2.40. The lowest BCUT2D eigenvalue weighted by molar-refractivity contribution is 0.0694. The Bertz CT molecular complexity index is 1230. The monoisotopic (exact) mass is 439 g/mol. The Hall–Kier alpha value is -3.44. The number of anilines is 1. The molecule has 1 unspecified atom stereocenters. The van der Waals surface area contributed by atoms with Crippen molar-refractivity contribution in [2.24, 2.45) is 0 Å². The van der Waals surface area contributed by atoms with Gasteiger partial charge in [-0.25, -0.2) is 4.98 Å². The zero-order valence-electron chi connectivity index (χ0n) is 18.0. The van der Waals surface area contributed by atoms with Crippen LogP contribution in [0.1, 0.15) is 43.8 Å². The molecule has 1 atom stereocenters. The van der Waals surface area contributed by atoms with Crippen molar-refractivity contribution in [2.75, 3.05) is 11.9 Å². The molecule has 1 N–H and O–H groups in total. The summed E-state index contributed by atoms with van der Waals surface area (Å²) in [5.74, 6) is 0.0575. The molecule has 1 aliphatic heterocycles. The van der Waals surface area contributed by atoms with E-state index in [4.69, 9.17) is 0 Å². The number of fused-ring (bicyclic) bond motifs is 1. The first-order valence-electron chi connectivity index (χ1n) is 10.9. The van der Waals surface area contributed by atoms with Gasteiger partial charge in [-0.2, -0.15) is 0 Å². The molecule has 0 aliphatic carbocycles. The van der Waals surface area contributed by atoms with Crippen LogP contribution < -0.4 is 5.32 Å². The lowest BCUT2D eigenvalue weighted by atomic mass is 9.87. The van der Waals surface area contributed by atoms with Gasteiger partial charge in [-0.3, -0.25) is 4.79 Å². The molecule has 2 heterocycles. The van der Waals surface area contributed by atoms with E-state index >= 15 is 0 Å². The molecule has 5 rings (SSSR count). The molecule has 160 valence electrons. The molecule has 4 nitrogen and oxygen atoms in total. The van der Waals surface area contributed by atoms with E-state index < -0.39 is 0 Å². The van der Waals surface area contributed by atoms with E-state index in [9.17, 15) is 4.79 Å². The van der Waals surface area contributed by atoms with Crippen LogP contribution >= 0.6 is 11.3 Å². The molecule has 0 spiro atoms. The minimum atomic E-state index is -0.0800. The summed E-state index contributed by atoms with van der Waals surface area (Å²) in [6.07, 6.45) is 0.868. The van der Waals surface area contributed by atoms with Crippen LogP contribution in [-0.4, -0.2) is 22.3 Å². The number of carbonyl (C=O) groups excluding carboxylic acids is 1. The van der Waals surface area contributed by atoms with Gasteiger partial charge < -0.3 is 10.2 Å². The van der Waals surface area contributed by atoms with Crippen molar-refractivity contribution in [3.63, 3.8) is 0 Å². The summed E-state index contributed by atoms with van der Waals surface area (Å²) in [7, 11) is 0. The predicted octanol–water partition coefficient (Wildman–Crippen LogP) is 5.85. The van der Waals surface area contributed by atoms with Gasteiger partial charge in [0.25, 0.3) is 5.91 Å². The molecule has 1 aromatic heterocycles. The second kappa shape index (κ2) is 8.97. The summed E-state index contributed by atoms with van der Waals surface area (Å²) in [6.45, 7) is 3.35. The molecule has 0 radical (unpaired) electrons. The Labute approximate surface area is 192 Å². The van der Waals surface area contributed by atoms with Gasteiger partial charge in [-0.05, 0) is 48.2 Å². The van der Waals surface area contributed by atoms with Gasteiger partial charge in [0.2, 0.25) is 0 Å². The molecular weight excluding hydrogens is 414 g/mol. The summed E-state index contributed by atoms with van der Waals surface area (Å²) in [5.41, 5.74) is 6.34. The maximum atomic E-state index is 13.7. The van der Waals surface area contributed by atoms with Crippen LogP contribution in [0, 0.1) is 6.92 Å². The average molecular weight is 440 g/mol. The number of nitrogens with zero attached hydrogens (tertiary/aromatic N) is 2. The summed E-state index contributed by atoms with van der Waals surface area (Å²) in [6, 6.07) is 26.5. The second-order valence-electron chi connectivity index (χ2n) is 8.08. The van der Waals surface area contributed by atoms with Crippen LogP contribution in [0.25, 0.3) is 0 Å². The fourth-order valence-corrected chi connectivity index (χ4v) is 5.08. The molecule has 4 aromatic rings. The molecule has 3 aromatic carbocycles. The molecule has 32 heavy (non-hydrogen) atoms. The maximum absolute atomic E-state index is 13.7. The third-order valence-corrected chi connectivity index (χ3v) is 6.85. The highest BCUT2D eigenvalue weighted by molar-refractivity contribution is 7.09. The van der Waals surface area contributed by atoms with Crippen molar-refractivity contribution in [2.45, 2.75) is 25.9 Å². The fraction of sp³-hybridized carbons (Fsp3) is 0.185. The van der Waals surface area contributed by atoms with Crippen molar-refractivity contribution in [3.05, 3.63) is 117 Å². The van der Waals surface area contributed by atoms with Crippen molar-refractivity contribution < 1.29 is 4.79 Å². The molecule has 0 bridgehead atoms. The predicted molar refractivity (Wildman–Crippen MR) is 130 cm³/mol. The average Bonchev–Trinajstić information content (AvgIpc) is 3.27. The number of amides is 1. The minimum absolute atomic E-state index is 0.0575. The van der Waals surface area contributed by atoms with Gasteiger partial charge in [0.1, 0.15) is 5.01 Å². The largest absolute Gasteiger partial charge is 0.379 e. The van der Waals surface area contributed by atoms with E-state index in [1.165, 1.54) is 11.1 Å². The smallest absolute Gasteiger partial charge is 0.254 e. The molecular formula is C27H25N3OS. The molecule has 0 fully saturated rings. The maximum Gasteiger partial charge on any atom is 0.254 e. The molecule has 1 amide bonds. The van der Waals surface area contributed by atoms with Crippen LogP contribution in [0.15, 0.2) is 84.2 Å². The third-order valence-electron chi connectivity index (χ3n) is 5.88. The van der Waals surface area contributed by atoms with Crippen LogP contribution in [0.4, 0.5) is 5.69 Å². The summed E-state index contributed by atoms with van der Waals surface area (Å²) in [5, 5.41) is 6.50. The Balaban J connectivity index is 1.43. The number of aromatic nitrogens is 1. The van der Waals surface area contributed by atoms with Gasteiger partial charge in [-0.15, -0.1) is 11.3 Å². The zero-order chi connectivity index (χ0) is 21.9. The first-order chi connectivity index (χ1) is 15.7. The van der Waals surface area contributed by atoms with Crippen LogP contribution in [0.5, 0.6) is 0 Å². The second-order valence-corrected chi connectivity index (χ2v) is 9.02. The number of carbonyl (C=O) groups is 1. The number of nitrogens with one attached hydrogen (secondary N) is 1. The van der Waals surface area contributed by atoms with Crippen LogP contribution in [0.3, 0.4) is 0 Å². The van der Waals surface area contributed by atoms with Crippen molar-refractivity contribution in [1.29, 1.82) is 0 Å². The quantitative estimate of drug-likeness (QED) is 0.424. The normalized spacial score (nSPS) is 15.3. The number of aryl methyl sites for hydroxylation is 1. The highest BCUT2D eigenvalue weighted by Crippen LogP contribution is 2.36. The van der Waals surface area contributed by atoms with Gasteiger partial charge in [0, 0.05) is 28.9 Å². The lowest BCUT2D eigenvalue weighted by Gasteiger charge is -2.38. The summed E-state index contributed by atoms with van der Waals surface area (Å²) >= 11 is 1.64. The van der Waals surface area contributed by atoms with E-state index in [1.807, 2.05) is 54.3 Å². The van der Waals surface area contributed by atoms with Crippen LogP contribution in [0.2, 0.25) is 0 Å². The van der Waals surface area contributed by atoms with E-state index in [0.717, 1.165) is 28.4 Å². The highest BCUT2D eigenvalue weighted by Gasteiger charge is 2.32. The van der Waals surface area contributed by atoms with Crippen molar-refractivity contribution in [3.8, 4) is 0 Å². The molecule has 5 heteroatoms. The zero-order valence-corrected chi connectivity index (χ0v) is 18.8. The van der Waals surface area contributed by atoms with E-state index in [2.05, 4.69) is 52.1 Å². The van der Waals surface area contributed by atoms with Gasteiger partial charge in [0.15, 0.2) is 0 Å². The number of rotatable bonds is 5. The topological polar surface area (TPSA) is 45.2 Å². The van der Waals surface area contributed by atoms with Gasteiger partial charge in [-0.1, -0.05) is 60.7 Å². The van der Waals surface area contributed by atoms with Gasteiger partial charge in [0.05, 0.1) is 12.6 Å². The third kappa shape index (κ3) is 4.16. The standard InChI is InChI=1S/C27H25N3OS/c1-19-18-32-25(29-19)17-28-23-12-7-11-22(16-23)27(31)30-15-14-20-8-5-6-13-24(20)26(30)21-9-3-2-4-10-21/h2-13,16,18,26,28H,14-15,17H2,1H3. The van der Waals surface area contributed by atoms with E-state index in [0.29, 0.717) is 18.7 Å². The number of hydrogen-bond acceptors (Lipinski definition) is 4. The summed E-state index contributed by atoms with van der Waals surface area (Å²) in [4.78, 5) is 20.2. The van der Waals surface area contributed by atoms with Crippen molar-refractivity contribution >= 4 is 22.9 Å². The number of thiazole rings is 1. The Kier molecular flexibility index (Phi) is 5.73. The number of benzene rings is 3. The Morgan fingerprint density at radius 2 is 1.88 bits per heavy atom. The first kappa shape index (κ1) is 20.5. The molecule has 1 aliphatic rings. The minimum Gasteiger partial charge on any atom is -0.379 e. The van der Waals surface area contributed by atoms with Gasteiger partial charge >= 0.3 is 0 Å². The van der Waals surface area contributed by atoms with Crippen LogP contribution in [-0.2, 0) is 13.0 Å². The molecule has 0 saturated carbocycles. The first-order valence-corrected chi connectivity index (χ1v) is 11.8. The highest BCUT2D eigenvalue weighted by atomic mass is 32.1. The Morgan fingerprint density at radius 3 is 2.69 bits per heavy atom. The SMILES string of the molecule is Cc1csc(CNc2cccc(C(=O)N3CCc4ccccc4C3c3ccccc3)c2)n1. The fourth-order valence-electron chi connectivity index (χ4n) is 4.37. The van der Waals surface area contributed by atoms with E-state index in [1.54, 1.807) is 11.3 Å². The number of hydrogen-bond donors (Lipinski definition) is 1. The summed E-state index contributed by atoms with van der Waals surface area (Å²) < 4.78 is 0. The molecule has 0 saturated heterocycles. The Morgan fingerprint density at radius 1 is 1.06 bits per heavy atom. The van der Waals surface area contributed by atoms with E-state index in [-0.39, 0.29) is 11.9 Å².